The fraction of sp³-hybridized carbons (Fsp3) is 0. The van der Waals surface area contributed by atoms with Gasteiger partial charge in [-0.1, -0.05) is 47.8 Å². The predicted octanol–water partition coefficient (Wildman–Crippen LogP) is 7.63. The summed E-state index contributed by atoms with van der Waals surface area (Å²) < 4.78 is 0. The first-order valence-corrected chi connectivity index (χ1v) is 12.6. The van der Waals surface area contributed by atoms with E-state index in [2.05, 4.69) is 12.1 Å². The summed E-state index contributed by atoms with van der Waals surface area (Å²) in [5.41, 5.74) is 3.46. The Labute approximate surface area is 189 Å². The third kappa shape index (κ3) is 2.87. The van der Waals surface area contributed by atoms with Crippen LogP contribution in [0.15, 0.2) is 91.0 Å². The van der Waals surface area contributed by atoms with Crippen LogP contribution in [0.1, 0.15) is 20.7 Å². The molecule has 2 aliphatic rings. The molecule has 2 aromatic heterocycles. The number of thioether (sulfide) groups is 2. The molecule has 30 heavy (non-hydrogen) atoms. The fourth-order valence-corrected chi connectivity index (χ4v) is 7.35. The van der Waals surface area contributed by atoms with Crippen LogP contribution < -0.4 is 0 Å². The zero-order chi connectivity index (χ0) is 20.2. The molecule has 0 spiro atoms. The van der Waals surface area contributed by atoms with Gasteiger partial charge in [-0.15, -0.1) is 22.7 Å². The van der Waals surface area contributed by atoms with Crippen molar-refractivity contribution in [2.75, 3.05) is 0 Å². The van der Waals surface area contributed by atoms with Gasteiger partial charge in [0, 0.05) is 30.7 Å². The summed E-state index contributed by atoms with van der Waals surface area (Å²) in [4.78, 5) is 31.7. The highest BCUT2D eigenvalue weighted by Crippen LogP contribution is 2.50. The van der Waals surface area contributed by atoms with Crippen LogP contribution >= 0.6 is 46.2 Å². The Kier molecular flexibility index (Phi) is 4.35. The molecule has 0 amide bonds. The van der Waals surface area contributed by atoms with Crippen LogP contribution in [0, 0.1) is 0 Å². The zero-order valence-corrected chi connectivity index (χ0v) is 18.6. The normalized spacial score (nSPS) is 17.5. The second-order valence-corrected chi connectivity index (χ2v) is 10.9. The summed E-state index contributed by atoms with van der Waals surface area (Å²) in [6.07, 6.45) is 0. The van der Waals surface area contributed by atoms with Crippen LogP contribution in [-0.4, -0.2) is 11.6 Å². The Morgan fingerprint density at radius 1 is 0.567 bits per heavy atom. The highest BCUT2D eigenvalue weighted by molar-refractivity contribution is 8.08. The quantitative estimate of drug-likeness (QED) is 0.288. The molecule has 6 rings (SSSR count). The van der Waals surface area contributed by atoms with Crippen LogP contribution in [0.5, 0.6) is 0 Å². The van der Waals surface area contributed by atoms with Crippen molar-refractivity contribution >= 4 is 57.8 Å². The molecule has 0 aliphatic carbocycles. The standard InChI is InChI=1S/C24H12O2S4/c25-21-15-11-13(17-3-1-9-27-17)5-7-19(15)29-23(21)24-22(26)16-12-14(6-8-20(16)30-24)18-4-2-10-28-18/h1-12H/b24-23+. The number of allylic oxidation sites excluding steroid dienone is 2. The van der Waals surface area contributed by atoms with Crippen molar-refractivity contribution in [3.8, 4) is 20.9 Å². The van der Waals surface area contributed by atoms with Gasteiger partial charge in [-0.3, -0.25) is 9.59 Å². The Morgan fingerprint density at radius 2 is 1.03 bits per heavy atom. The molecule has 144 valence electrons. The van der Waals surface area contributed by atoms with Gasteiger partial charge in [-0.2, -0.15) is 0 Å². The van der Waals surface area contributed by atoms with E-state index < -0.39 is 0 Å². The van der Waals surface area contributed by atoms with Gasteiger partial charge in [0.25, 0.3) is 0 Å². The van der Waals surface area contributed by atoms with Crippen molar-refractivity contribution in [1.82, 2.24) is 0 Å². The second-order valence-electron chi connectivity index (χ2n) is 6.90. The smallest absolute Gasteiger partial charge is 0.202 e. The molecule has 0 saturated heterocycles. The van der Waals surface area contributed by atoms with E-state index in [4.69, 9.17) is 0 Å². The van der Waals surface area contributed by atoms with E-state index in [-0.39, 0.29) is 11.6 Å². The monoisotopic (exact) mass is 460 g/mol. The van der Waals surface area contributed by atoms with Gasteiger partial charge >= 0.3 is 0 Å². The first-order chi connectivity index (χ1) is 14.7. The number of Topliss-reactive ketones (excluding diaryl/α,β-unsaturated/α-hetero) is 2. The van der Waals surface area contributed by atoms with Crippen LogP contribution in [0.25, 0.3) is 20.9 Å². The maximum absolute atomic E-state index is 13.2. The molecule has 0 unspecified atom stereocenters. The SMILES string of the molecule is O=C1/C(=C2\Sc3ccc(-c4cccs4)cc3C2=O)Sc2ccc(-c3cccs3)cc21. The van der Waals surface area contributed by atoms with Gasteiger partial charge in [0.2, 0.25) is 11.6 Å². The third-order valence-electron chi connectivity index (χ3n) is 5.10. The summed E-state index contributed by atoms with van der Waals surface area (Å²) in [5.74, 6) is -0.0916. The largest absolute Gasteiger partial charge is 0.288 e. The number of rotatable bonds is 2. The number of benzene rings is 2. The third-order valence-corrected chi connectivity index (χ3v) is 9.41. The minimum Gasteiger partial charge on any atom is -0.288 e. The van der Waals surface area contributed by atoms with Crippen molar-refractivity contribution in [1.29, 1.82) is 0 Å². The summed E-state index contributed by atoms with van der Waals surface area (Å²) in [7, 11) is 0. The molecule has 0 saturated carbocycles. The van der Waals surface area contributed by atoms with E-state index in [9.17, 15) is 9.59 Å². The van der Waals surface area contributed by atoms with E-state index >= 15 is 0 Å². The lowest BCUT2D eigenvalue weighted by atomic mass is 10.0. The summed E-state index contributed by atoms with van der Waals surface area (Å²) in [6, 6.07) is 20.1. The molecule has 0 N–H and O–H groups in total. The van der Waals surface area contributed by atoms with E-state index in [0.29, 0.717) is 20.9 Å². The van der Waals surface area contributed by atoms with E-state index in [1.54, 1.807) is 22.7 Å². The van der Waals surface area contributed by atoms with Crippen LogP contribution in [-0.2, 0) is 0 Å². The number of fused-ring (bicyclic) bond motifs is 2. The maximum atomic E-state index is 13.2. The predicted molar refractivity (Wildman–Crippen MR) is 127 cm³/mol. The average Bonchev–Trinajstić information content (AvgIpc) is 3.56. The van der Waals surface area contributed by atoms with Crippen molar-refractivity contribution in [2.45, 2.75) is 9.79 Å². The molecule has 2 aliphatic heterocycles. The molecule has 0 bridgehead atoms. The topological polar surface area (TPSA) is 34.1 Å². The summed E-state index contributed by atoms with van der Waals surface area (Å²) in [5, 5.41) is 4.06. The van der Waals surface area contributed by atoms with Crippen molar-refractivity contribution in [3.63, 3.8) is 0 Å². The van der Waals surface area contributed by atoms with Gasteiger partial charge < -0.3 is 0 Å². The van der Waals surface area contributed by atoms with Gasteiger partial charge in [-0.05, 0) is 58.3 Å². The second kappa shape index (κ2) is 7.10. The molecule has 4 heterocycles. The molecular formula is C24H12O2S4. The minimum absolute atomic E-state index is 0.0458. The van der Waals surface area contributed by atoms with Crippen molar-refractivity contribution in [3.05, 3.63) is 92.4 Å². The molecular weight excluding hydrogens is 449 g/mol. The molecule has 2 nitrogen and oxygen atoms in total. The number of hydrogen-bond acceptors (Lipinski definition) is 6. The summed E-state index contributed by atoms with van der Waals surface area (Å²) >= 11 is 6.14. The first kappa shape index (κ1) is 18.4. The number of thiophene rings is 2. The Balaban J connectivity index is 1.38. The van der Waals surface area contributed by atoms with Gasteiger partial charge in [0.1, 0.15) is 0 Å². The Bertz CT molecular complexity index is 1260. The molecule has 4 aromatic rings. The molecule has 0 fully saturated rings. The lowest BCUT2D eigenvalue weighted by molar-refractivity contribution is 0.101. The number of carbonyl (C=O) groups is 2. The van der Waals surface area contributed by atoms with Crippen LogP contribution in [0.2, 0.25) is 0 Å². The summed E-state index contributed by atoms with van der Waals surface area (Å²) in [6.45, 7) is 0. The van der Waals surface area contributed by atoms with Gasteiger partial charge in [0.15, 0.2) is 0 Å². The van der Waals surface area contributed by atoms with Gasteiger partial charge in [0.05, 0.1) is 9.81 Å². The number of hydrogen-bond donors (Lipinski definition) is 0. The number of ketones is 2. The van der Waals surface area contributed by atoms with E-state index in [0.717, 1.165) is 30.7 Å². The van der Waals surface area contributed by atoms with Crippen molar-refractivity contribution in [2.24, 2.45) is 0 Å². The fourth-order valence-electron chi connectivity index (χ4n) is 3.64. The molecule has 0 atom stereocenters. The highest BCUT2D eigenvalue weighted by Gasteiger charge is 2.36. The van der Waals surface area contributed by atoms with Crippen LogP contribution in [0.4, 0.5) is 0 Å². The maximum Gasteiger partial charge on any atom is 0.202 e. The molecule has 0 radical (unpaired) electrons. The Hall–Kier alpha value is -2.38. The van der Waals surface area contributed by atoms with Crippen LogP contribution in [0.3, 0.4) is 0 Å². The lowest BCUT2D eigenvalue weighted by Crippen LogP contribution is -2.02. The van der Waals surface area contributed by atoms with E-state index in [1.807, 2.05) is 59.3 Å². The lowest BCUT2D eigenvalue weighted by Gasteiger charge is -2.00. The average molecular weight is 461 g/mol. The van der Waals surface area contributed by atoms with E-state index in [1.165, 1.54) is 23.5 Å². The van der Waals surface area contributed by atoms with Crippen molar-refractivity contribution < 1.29 is 9.59 Å². The molecule has 6 heteroatoms. The Morgan fingerprint density at radius 3 is 1.43 bits per heavy atom. The zero-order valence-electron chi connectivity index (χ0n) is 15.4. The molecule has 2 aromatic carbocycles. The highest BCUT2D eigenvalue weighted by atomic mass is 32.2. The first-order valence-electron chi connectivity index (χ1n) is 9.24. The number of carbonyl (C=O) groups excluding carboxylic acids is 2. The van der Waals surface area contributed by atoms with Gasteiger partial charge in [-0.25, -0.2) is 0 Å². The minimum atomic E-state index is -0.0458.